The molecule has 0 atom stereocenters. The number of hydrogen-bond acceptors (Lipinski definition) is 2. The van der Waals surface area contributed by atoms with E-state index >= 15 is 0 Å². The van der Waals surface area contributed by atoms with E-state index < -0.39 is 5.97 Å². The second kappa shape index (κ2) is 6.63. The molecule has 0 rings (SSSR count). The zero-order valence-electron chi connectivity index (χ0n) is 6.41. The fourth-order valence-corrected chi connectivity index (χ4v) is 0.411. The summed E-state index contributed by atoms with van der Waals surface area (Å²) in [6.45, 7) is 2.13. The summed E-state index contributed by atoms with van der Waals surface area (Å²) in [5.74, 6) is 1.21. The van der Waals surface area contributed by atoms with E-state index in [0.29, 0.717) is 0 Å². The summed E-state index contributed by atoms with van der Waals surface area (Å²) >= 11 is 0. The summed E-state index contributed by atoms with van der Waals surface area (Å²) in [6, 6.07) is 0. The van der Waals surface area contributed by atoms with Gasteiger partial charge in [-0.2, -0.15) is 0 Å². The third-order valence-electron chi connectivity index (χ3n) is 0.868. The van der Waals surface area contributed by atoms with Gasteiger partial charge in [-0.05, 0) is 13.0 Å². The molecule has 0 aliphatic rings. The quantitative estimate of drug-likeness (QED) is 0.262. The molecule has 0 saturated heterocycles. The number of terminal acetylenes is 1. The lowest BCUT2D eigenvalue weighted by Crippen LogP contribution is -1.99. The monoisotopic (exact) mass is 150 g/mol. The van der Waals surface area contributed by atoms with Crippen LogP contribution in [0.25, 0.3) is 0 Å². The van der Waals surface area contributed by atoms with Crippen molar-refractivity contribution in [1.29, 1.82) is 0 Å². The number of esters is 1. The van der Waals surface area contributed by atoms with Crippen LogP contribution >= 0.6 is 0 Å². The van der Waals surface area contributed by atoms with Gasteiger partial charge >= 0.3 is 5.97 Å². The van der Waals surface area contributed by atoms with E-state index in [4.69, 9.17) is 6.42 Å². The maximum Gasteiger partial charge on any atom is 0.384 e. The van der Waals surface area contributed by atoms with Crippen LogP contribution in [0.4, 0.5) is 0 Å². The van der Waals surface area contributed by atoms with Crippen molar-refractivity contribution in [1.82, 2.24) is 0 Å². The highest BCUT2D eigenvalue weighted by molar-refractivity contribution is 5.87. The van der Waals surface area contributed by atoms with Crippen LogP contribution in [0.15, 0.2) is 24.3 Å². The van der Waals surface area contributed by atoms with Crippen LogP contribution in [0.2, 0.25) is 0 Å². The zero-order valence-corrected chi connectivity index (χ0v) is 6.41. The number of rotatable bonds is 3. The van der Waals surface area contributed by atoms with Gasteiger partial charge in [-0.1, -0.05) is 18.2 Å². The van der Waals surface area contributed by atoms with Gasteiger partial charge in [0, 0.05) is 5.92 Å². The fourth-order valence-electron chi connectivity index (χ4n) is 0.411. The number of ether oxygens (including phenoxy) is 1. The van der Waals surface area contributed by atoms with Crippen LogP contribution in [0.5, 0.6) is 0 Å². The molecule has 0 aromatic heterocycles. The molecular weight excluding hydrogens is 140 g/mol. The molecule has 0 saturated carbocycles. The molecule has 0 bridgehead atoms. The molecule has 0 aliphatic carbocycles. The highest BCUT2D eigenvalue weighted by Gasteiger charge is 1.89. The Labute approximate surface area is 66.6 Å². The molecule has 58 valence electrons. The fraction of sp³-hybridized carbons (Fsp3) is 0.222. The average Bonchev–Trinajstić information content (AvgIpc) is 2.04. The molecule has 0 aromatic rings. The Morgan fingerprint density at radius 3 is 2.91 bits per heavy atom. The summed E-state index contributed by atoms with van der Waals surface area (Å²) in [4.78, 5) is 10.3. The Morgan fingerprint density at radius 1 is 1.64 bits per heavy atom. The minimum Gasteiger partial charge on any atom is -0.452 e. The Morgan fingerprint density at radius 2 is 2.36 bits per heavy atom. The lowest BCUT2D eigenvalue weighted by molar-refractivity contribution is -0.135. The molecule has 0 aromatic carbocycles. The van der Waals surface area contributed by atoms with Gasteiger partial charge in [-0.15, -0.1) is 6.42 Å². The maximum atomic E-state index is 10.3. The highest BCUT2D eigenvalue weighted by Crippen LogP contribution is 1.80. The molecule has 2 heteroatoms. The van der Waals surface area contributed by atoms with E-state index in [0.717, 1.165) is 0 Å². The summed E-state index contributed by atoms with van der Waals surface area (Å²) in [5, 5.41) is 0. The minimum atomic E-state index is -0.630. The zero-order chi connectivity index (χ0) is 8.53. The predicted octanol–water partition coefficient (Wildman–Crippen LogP) is 1.30. The summed E-state index contributed by atoms with van der Waals surface area (Å²) < 4.78 is 4.54. The Balaban J connectivity index is 3.43. The third-order valence-corrected chi connectivity index (χ3v) is 0.868. The molecular formula is C9H10O2. The molecule has 0 amide bonds. The van der Waals surface area contributed by atoms with Crippen molar-refractivity contribution in [3.63, 3.8) is 0 Å². The number of allylic oxidation sites excluding steroid dienone is 3. The molecule has 0 heterocycles. The first-order valence-electron chi connectivity index (χ1n) is 3.22. The van der Waals surface area contributed by atoms with E-state index in [9.17, 15) is 4.79 Å². The van der Waals surface area contributed by atoms with Gasteiger partial charge in [0.15, 0.2) is 0 Å². The van der Waals surface area contributed by atoms with Crippen molar-refractivity contribution >= 4 is 5.97 Å². The van der Waals surface area contributed by atoms with Gasteiger partial charge in [0.25, 0.3) is 0 Å². The first kappa shape index (κ1) is 9.51. The number of hydrogen-bond donors (Lipinski definition) is 0. The molecule has 0 N–H and O–H groups in total. The van der Waals surface area contributed by atoms with Crippen molar-refractivity contribution in [3.8, 4) is 12.3 Å². The largest absolute Gasteiger partial charge is 0.452 e. The first-order valence-corrected chi connectivity index (χ1v) is 3.22. The molecule has 0 unspecified atom stereocenters. The van der Waals surface area contributed by atoms with E-state index in [2.05, 4.69) is 4.74 Å². The van der Waals surface area contributed by atoms with E-state index in [1.165, 1.54) is 0 Å². The van der Waals surface area contributed by atoms with E-state index in [1.807, 2.05) is 25.0 Å². The topological polar surface area (TPSA) is 26.3 Å². The molecule has 0 fully saturated rings. The lowest BCUT2D eigenvalue weighted by Gasteiger charge is -1.91. The summed E-state index contributed by atoms with van der Waals surface area (Å²) in [7, 11) is 0. The van der Waals surface area contributed by atoms with Gasteiger partial charge in [0.1, 0.15) is 6.61 Å². The van der Waals surface area contributed by atoms with Crippen LogP contribution in [0.3, 0.4) is 0 Å². The predicted molar refractivity (Wildman–Crippen MR) is 43.7 cm³/mol. The van der Waals surface area contributed by atoms with Crippen molar-refractivity contribution in [2.24, 2.45) is 0 Å². The van der Waals surface area contributed by atoms with Crippen LogP contribution < -0.4 is 0 Å². The second-order valence-corrected chi connectivity index (χ2v) is 1.70. The standard InChI is InChI=1S/C9H10O2/c1-3-5-6-7-8-11-9(10)4-2/h2-3,5-7H,8H2,1H3/b5-3+,7-6+. The van der Waals surface area contributed by atoms with Crippen LogP contribution in [0, 0.1) is 12.3 Å². The molecule has 0 radical (unpaired) electrons. The van der Waals surface area contributed by atoms with Gasteiger partial charge in [0.2, 0.25) is 0 Å². The first-order chi connectivity index (χ1) is 5.31. The lowest BCUT2D eigenvalue weighted by atomic mass is 10.4. The molecule has 11 heavy (non-hydrogen) atoms. The van der Waals surface area contributed by atoms with Gasteiger partial charge < -0.3 is 4.74 Å². The average molecular weight is 150 g/mol. The Bertz CT molecular complexity index is 206. The van der Waals surface area contributed by atoms with Gasteiger partial charge in [-0.3, -0.25) is 0 Å². The maximum absolute atomic E-state index is 10.3. The van der Waals surface area contributed by atoms with Crippen LogP contribution in [-0.2, 0) is 9.53 Å². The molecule has 0 spiro atoms. The van der Waals surface area contributed by atoms with Gasteiger partial charge in [0.05, 0.1) is 0 Å². The van der Waals surface area contributed by atoms with Crippen LogP contribution in [-0.4, -0.2) is 12.6 Å². The SMILES string of the molecule is C#CC(=O)OC/C=C/C=C/C. The van der Waals surface area contributed by atoms with Crippen molar-refractivity contribution < 1.29 is 9.53 Å². The molecule has 2 nitrogen and oxygen atoms in total. The molecule has 0 aliphatic heterocycles. The summed E-state index contributed by atoms with van der Waals surface area (Å²) in [6.07, 6.45) is 11.9. The highest BCUT2D eigenvalue weighted by atomic mass is 16.5. The van der Waals surface area contributed by atoms with Crippen molar-refractivity contribution in [2.45, 2.75) is 6.92 Å². The number of carbonyl (C=O) groups excluding carboxylic acids is 1. The minimum absolute atomic E-state index is 0.230. The van der Waals surface area contributed by atoms with Crippen molar-refractivity contribution in [3.05, 3.63) is 24.3 Å². The second-order valence-electron chi connectivity index (χ2n) is 1.70. The smallest absolute Gasteiger partial charge is 0.384 e. The van der Waals surface area contributed by atoms with Crippen LogP contribution in [0.1, 0.15) is 6.92 Å². The van der Waals surface area contributed by atoms with Gasteiger partial charge in [-0.25, -0.2) is 4.79 Å². The van der Waals surface area contributed by atoms with E-state index in [1.54, 1.807) is 12.2 Å². The number of carbonyl (C=O) groups is 1. The normalized spacial score (nSPS) is 10.2. The van der Waals surface area contributed by atoms with Crippen molar-refractivity contribution in [2.75, 3.05) is 6.61 Å². The van der Waals surface area contributed by atoms with E-state index in [-0.39, 0.29) is 6.61 Å². The third kappa shape index (κ3) is 6.39. The Hall–Kier alpha value is -1.49. The summed E-state index contributed by atoms with van der Waals surface area (Å²) in [5.41, 5.74) is 0. The Kier molecular flexibility index (Phi) is 5.73.